The van der Waals surface area contributed by atoms with Crippen LogP contribution in [0.4, 0.5) is 0 Å². The fraction of sp³-hybridized carbons (Fsp3) is 0.211. The second-order valence-electron chi connectivity index (χ2n) is 6.02. The molecule has 126 valence electrons. The highest BCUT2D eigenvalue weighted by atomic mass is 15.3. The number of fused-ring (bicyclic) bond motifs is 1. The number of aromatic nitrogens is 5. The van der Waals surface area contributed by atoms with Crippen LogP contribution >= 0.6 is 0 Å². The number of para-hydroxylation sites is 2. The van der Waals surface area contributed by atoms with Gasteiger partial charge in [0.05, 0.1) is 23.1 Å². The summed E-state index contributed by atoms with van der Waals surface area (Å²) in [6.07, 6.45) is 7.56. The second-order valence-corrected chi connectivity index (χ2v) is 6.02. The van der Waals surface area contributed by atoms with Crippen molar-refractivity contribution in [3.8, 4) is 11.3 Å². The lowest BCUT2D eigenvalue weighted by atomic mass is 10.1. The van der Waals surface area contributed by atoms with Gasteiger partial charge < -0.3 is 9.88 Å². The van der Waals surface area contributed by atoms with Crippen LogP contribution in [0.3, 0.4) is 0 Å². The fourth-order valence-electron chi connectivity index (χ4n) is 3.03. The van der Waals surface area contributed by atoms with Crippen molar-refractivity contribution in [2.75, 3.05) is 6.54 Å². The van der Waals surface area contributed by atoms with Gasteiger partial charge in [-0.3, -0.25) is 9.67 Å². The van der Waals surface area contributed by atoms with Gasteiger partial charge in [-0.2, -0.15) is 5.10 Å². The summed E-state index contributed by atoms with van der Waals surface area (Å²) < 4.78 is 4.03. The molecule has 0 aliphatic carbocycles. The highest BCUT2D eigenvalue weighted by Crippen LogP contribution is 2.20. The Morgan fingerprint density at radius 2 is 1.92 bits per heavy atom. The predicted molar refractivity (Wildman–Crippen MR) is 97.9 cm³/mol. The molecule has 0 saturated carbocycles. The van der Waals surface area contributed by atoms with Gasteiger partial charge in [-0.25, -0.2) is 4.98 Å². The lowest BCUT2D eigenvalue weighted by Crippen LogP contribution is -2.19. The number of nitrogens with zero attached hydrogens (tertiary/aromatic N) is 5. The molecule has 4 aromatic rings. The van der Waals surface area contributed by atoms with Crippen molar-refractivity contribution < 1.29 is 0 Å². The standard InChI is InChI=1S/C19H20N6/c1-24-13-16(19(23-24)15-6-8-20-9-7-15)12-21-10-11-25-14-22-17-4-2-3-5-18(17)25/h2-9,13-14,21H,10-12H2,1H3. The summed E-state index contributed by atoms with van der Waals surface area (Å²) in [5, 5.41) is 8.09. The van der Waals surface area contributed by atoms with Crippen molar-refractivity contribution in [2.24, 2.45) is 7.05 Å². The van der Waals surface area contributed by atoms with Gasteiger partial charge >= 0.3 is 0 Å². The SMILES string of the molecule is Cn1cc(CNCCn2cnc3ccccc32)c(-c2ccncc2)n1. The minimum Gasteiger partial charge on any atom is -0.329 e. The molecule has 0 bridgehead atoms. The minimum atomic E-state index is 0.776. The molecule has 1 N–H and O–H groups in total. The number of aryl methyl sites for hydroxylation is 1. The molecule has 0 fully saturated rings. The Kier molecular flexibility index (Phi) is 4.26. The van der Waals surface area contributed by atoms with E-state index >= 15 is 0 Å². The van der Waals surface area contributed by atoms with Crippen molar-refractivity contribution in [1.29, 1.82) is 0 Å². The van der Waals surface area contributed by atoms with Crippen LogP contribution in [0.5, 0.6) is 0 Å². The highest BCUT2D eigenvalue weighted by molar-refractivity contribution is 5.74. The van der Waals surface area contributed by atoms with Gasteiger partial charge in [-0.05, 0) is 24.3 Å². The molecule has 0 aliphatic heterocycles. The Morgan fingerprint density at radius 1 is 1.08 bits per heavy atom. The Morgan fingerprint density at radius 3 is 2.80 bits per heavy atom. The van der Waals surface area contributed by atoms with Gasteiger partial charge in [-0.1, -0.05) is 12.1 Å². The number of hydrogen-bond acceptors (Lipinski definition) is 4. The summed E-state index contributed by atoms with van der Waals surface area (Å²) in [6, 6.07) is 12.2. The van der Waals surface area contributed by atoms with Gasteiger partial charge in [-0.15, -0.1) is 0 Å². The summed E-state index contributed by atoms with van der Waals surface area (Å²) in [5.41, 5.74) is 5.49. The van der Waals surface area contributed by atoms with E-state index in [1.807, 2.05) is 48.4 Å². The van der Waals surface area contributed by atoms with E-state index in [1.54, 1.807) is 12.4 Å². The van der Waals surface area contributed by atoms with Crippen molar-refractivity contribution in [1.82, 2.24) is 29.6 Å². The normalized spacial score (nSPS) is 11.2. The molecular weight excluding hydrogens is 312 g/mol. The van der Waals surface area contributed by atoms with E-state index in [9.17, 15) is 0 Å². The number of benzene rings is 1. The number of nitrogens with one attached hydrogen (secondary N) is 1. The third-order valence-electron chi connectivity index (χ3n) is 4.23. The summed E-state index contributed by atoms with van der Waals surface area (Å²) in [5.74, 6) is 0. The Labute approximate surface area is 146 Å². The molecule has 6 nitrogen and oxygen atoms in total. The maximum absolute atomic E-state index is 4.58. The molecule has 0 radical (unpaired) electrons. The van der Waals surface area contributed by atoms with Crippen molar-refractivity contribution >= 4 is 11.0 Å². The van der Waals surface area contributed by atoms with Gasteiger partial charge in [0.1, 0.15) is 0 Å². The predicted octanol–water partition coefficient (Wildman–Crippen LogP) is 2.62. The molecule has 0 atom stereocenters. The summed E-state index contributed by atoms with van der Waals surface area (Å²) in [7, 11) is 1.95. The van der Waals surface area contributed by atoms with Gasteiger partial charge in [0, 0.05) is 56.4 Å². The van der Waals surface area contributed by atoms with Gasteiger partial charge in [0.2, 0.25) is 0 Å². The van der Waals surface area contributed by atoms with Crippen LogP contribution in [0.2, 0.25) is 0 Å². The second kappa shape index (κ2) is 6.86. The number of imidazole rings is 1. The monoisotopic (exact) mass is 332 g/mol. The van der Waals surface area contributed by atoms with E-state index in [4.69, 9.17) is 0 Å². The summed E-state index contributed by atoms with van der Waals surface area (Å²) in [6.45, 7) is 2.52. The summed E-state index contributed by atoms with van der Waals surface area (Å²) in [4.78, 5) is 8.51. The fourth-order valence-corrected chi connectivity index (χ4v) is 3.03. The minimum absolute atomic E-state index is 0.776. The molecule has 3 heterocycles. The first-order chi connectivity index (χ1) is 12.3. The first-order valence-electron chi connectivity index (χ1n) is 8.35. The quantitative estimate of drug-likeness (QED) is 0.551. The molecule has 6 heteroatoms. The van der Waals surface area contributed by atoms with Crippen LogP contribution in [0.15, 0.2) is 61.3 Å². The lowest BCUT2D eigenvalue weighted by molar-refractivity contribution is 0.607. The Balaban J connectivity index is 1.41. The third kappa shape index (κ3) is 3.29. The maximum atomic E-state index is 4.58. The average molecular weight is 332 g/mol. The van der Waals surface area contributed by atoms with Crippen LogP contribution in [0.25, 0.3) is 22.3 Å². The molecule has 3 aromatic heterocycles. The smallest absolute Gasteiger partial charge is 0.0969 e. The van der Waals surface area contributed by atoms with Crippen LogP contribution in [-0.2, 0) is 20.1 Å². The molecule has 0 aliphatic rings. The van der Waals surface area contributed by atoms with E-state index in [-0.39, 0.29) is 0 Å². The molecule has 0 unspecified atom stereocenters. The molecule has 0 amide bonds. The largest absolute Gasteiger partial charge is 0.329 e. The van der Waals surface area contributed by atoms with Crippen molar-refractivity contribution in [2.45, 2.75) is 13.1 Å². The zero-order chi connectivity index (χ0) is 17.1. The van der Waals surface area contributed by atoms with Crippen LogP contribution in [-0.4, -0.2) is 30.9 Å². The van der Waals surface area contributed by atoms with E-state index < -0.39 is 0 Å². The molecule has 4 rings (SSSR count). The molecule has 1 aromatic carbocycles. The van der Waals surface area contributed by atoms with Crippen molar-refractivity contribution in [3.05, 3.63) is 66.9 Å². The molecule has 0 spiro atoms. The van der Waals surface area contributed by atoms with Crippen LogP contribution in [0, 0.1) is 0 Å². The van der Waals surface area contributed by atoms with Crippen molar-refractivity contribution in [3.63, 3.8) is 0 Å². The number of hydrogen-bond donors (Lipinski definition) is 1. The van der Waals surface area contributed by atoms with E-state index in [0.29, 0.717) is 0 Å². The zero-order valence-electron chi connectivity index (χ0n) is 14.1. The van der Waals surface area contributed by atoms with E-state index in [1.165, 1.54) is 11.1 Å². The molecule has 0 saturated heterocycles. The first-order valence-corrected chi connectivity index (χ1v) is 8.35. The van der Waals surface area contributed by atoms with E-state index in [0.717, 1.165) is 36.4 Å². The zero-order valence-corrected chi connectivity index (χ0v) is 14.1. The van der Waals surface area contributed by atoms with Crippen LogP contribution in [0.1, 0.15) is 5.56 Å². The molecule has 25 heavy (non-hydrogen) atoms. The van der Waals surface area contributed by atoms with Gasteiger partial charge in [0.15, 0.2) is 0 Å². The summed E-state index contributed by atoms with van der Waals surface area (Å²) >= 11 is 0. The van der Waals surface area contributed by atoms with E-state index in [2.05, 4.69) is 37.2 Å². The van der Waals surface area contributed by atoms with Crippen LogP contribution < -0.4 is 5.32 Å². The lowest BCUT2D eigenvalue weighted by Gasteiger charge is -2.07. The topological polar surface area (TPSA) is 60.6 Å². The number of pyridine rings is 1. The third-order valence-corrected chi connectivity index (χ3v) is 4.23. The van der Waals surface area contributed by atoms with Gasteiger partial charge in [0.25, 0.3) is 0 Å². The first kappa shape index (κ1) is 15.5. The molecular formula is C19H20N6. The average Bonchev–Trinajstić information content (AvgIpc) is 3.23. The highest BCUT2D eigenvalue weighted by Gasteiger charge is 2.09. The maximum Gasteiger partial charge on any atom is 0.0969 e. The number of rotatable bonds is 6. The Bertz CT molecular complexity index is 970. The Hall–Kier alpha value is -2.99.